The maximum absolute atomic E-state index is 13.5. The molecule has 0 atom stereocenters. The van der Waals surface area contributed by atoms with E-state index >= 15 is 0 Å². The van der Waals surface area contributed by atoms with E-state index in [0.29, 0.717) is 12.1 Å². The van der Waals surface area contributed by atoms with Gasteiger partial charge in [0.05, 0.1) is 11.0 Å². The molecule has 1 aromatic rings. The van der Waals surface area contributed by atoms with Gasteiger partial charge in [0.1, 0.15) is 5.82 Å². The van der Waals surface area contributed by atoms with Crippen molar-refractivity contribution in [1.82, 2.24) is 0 Å². The molecule has 0 bridgehead atoms. The zero-order chi connectivity index (χ0) is 12.8. The molecule has 1 saturated carbocycles. The molecule has 0 heterocycles. The number of hydrogen-bond donors (Lipinski definition) is 1. The highest BCUT2D eigenvalue weighted by molar-refractivity contribution is 5.85. The average molecular weight is 248 g/mol. The van der Waals surface area contributed by atoms with Gasteiger partial charge in [-0.15, -0.1) is 0 Å². The van der Waals surface area contributed by atoms with Gasteiger partial charge in [-0.05, 0) is 25.0 Å². The fourth-order valence-electron chi connectivity index (χ4n) is 1.80. The molecule has 17 heavy (non-hydrogen) atoms. The second kappa shape index (κ2) is 3.45. The van der Waals surface area contributed by atoms with Crippen LogP contribution >= 0.6 is 0 Å². The number of benzene rings is 1. The predicted molar refractivity (Wildman–Crippen MR) is 49.9 cm³/mol. The van der Waals surface area contributed by atoms with E-state index in [1.807, 2.05) is 0 Å². The van der Waals surface area contributed by atoms with Crippen molar-refractivity contribution >= 4 is 5.97 Å². The number of aliphatic carboxylic acids is 1. The van der Waals surface area contributed by atoms with Gasteiger partial charge in [0.15, 0.2) is 0 Å². The Bertz CT molecular complexity index is 475. The molecule has 0 saturated heterocycles. The standard InChI is InChI=1S/C11H8F4O2/c12-8-5-6(11(13,14)15)1-2-7(8)10(3-4-10)9(16)17/h1-2,5H,3-4H2,(H,16,17). The van der Waals surface area contributed by atoms with Crippen LogP contribution < -0.4 is 0 Å². The smallest absolute Gasteiger partial charge is 0.416 e. The Morgan fingerprint density at radius 3 is 2.24 bits per heavy atom. The van der Waals surface area contributed by atoms with Crippen molar-refractivity contribution in [1.29, 1.82) is 0 Å². The molecule has 6 heteroatoms. The van der Waals surface area contributed by atoms with Crippen LogP contribution in [-0.2, 0) is 16.4 Å². The number of hydrogen-bond acceptors (Lipinski definition) is 1. The fourth-order valence-corrected chi connectivity index (χ4v) is 1.80. The van der Waals surface area contributed by atoms with Crippen LogP contribution in [0.2, 0.25) is 0 Å². The first-order valence-electron chi connectivity index (χ1n) is 4.88. The van der Waals surface area contributed by atoms with Crippen LogP contribution in [-0.4, -0.2) is 11.1 Å². The normalized spacial score (nSPS) is 17.9. The van der Waals surface area contributed by atoms with Crippen LogP contribution in [0.4, 0.5) is 17.6 Å². The lowest BCUT2D eigenvalue weighted by Crippen LogP contribution is -2.21. The van der Waals surface area contributed by atoms with Crippen LogP contribution in [0.15, 0.2) is 18.2 Å². The molecule has 1 aliphatic rings. The third-order valence-electron chi connectivity index (χ3n) is 2.97. The molecular formula is C11H8F4O2. The van der Waals surface area contributed by atoms with E-state index in [9.17, 15) is 22.4 Å². The summed E-state index contributed by atoms with van der Waals surface area (Å²) >= 11 is 0. The number of alkyl halides is 3. The molecule has 0 aromatic heterocycles. The quantitative estimate of drug-likeness (QED) is 0.817. The van der Waals surface area contributed by atoms with E-state index in [-0.39, 0.29) is 18.4 Å². The summed E-state index contributed by atoms with van der Waals surface area (Å²) in [6, 6.07) is 1.97. The number of carboxylic acids is 1. The first-order valence-corrected chi connectivity index (χ1v) is 4.88. The molecule has 0 aliphatic heterocycles. The van der Waals surface area contributed by atoms with Gasteiger partial charge < -0.3 is 5.11 Å². The minimum Gasteiger partial charge on any atom is -0.481 e. The van der Waals surface area contributed by atoms with Crippen molar-refractivity contribution in [3.63, 3.8) is 0 Å². The molecule has 0 spiro atoms. The molecule has 2 rings (SSSR count). The topological polar surface area (TPSA) is 37.3 Å². The number of rotatable bonds is 2. The van der Waals surface area contributed by atoms with Crippen molar-refractivity contribution in [3.05, 3.63) is 35.1 Å². The first kappa shape index (κ1) is 11.9. The largest absolute Gasteiger partial charge is 0.481 e. The van der Waals surface area contributed by atoms with Gasteiger partial charge in [0.25, 0.3) is 0 Å². The van der Waals surface area contributed by atoms with Gasteiger partial charge in [0.2, 0.25) is 0 Å². The summed E-state index contributed by atoms with van der Waals surface area (Å²) in [6.07, 6.45) is -4.12. The molecule has 2 nitrogen and oxygen atoms in total. The van der Waals surface area contributed by atoms with Crippen LogP contribution in [0.25, 0.3) is 0 Å². The van der Waals surface area contributed by atoms with E-state index in [1.54, 1.807) is 0 Å². The van der Waals surface area contributed by atoms with Gasteiger partial charge in [-0.25, -0.2) is 4.39 Å². The minimum absolute atomic E-state index is 0.169. The number of carbonyl (C=O) groups is 1. The van der Waals surface area contributed by atoms with Crippen molar-refractivity contribution in [3.8, 4) is 0 Å². The van der Waals surface area contributed by atoms with Crippen LogP contribution in [0.5, 0.6) is 0 Å². The van der Waals surface area contributed by atoms with Crippen LogP contribution in [0.1, 0.15) is 24.0 Å². The Balaban J connectivity index is 2.43. The third-order valence-corrected chi connectivity index (χ3v) is 2.97. The number of halogens is 4. The van der Waals surface area contributed by atoms with Crippen molar-refractivity contribution in [2.45, 2.75) is 24.4 Å². The van der Waals surface area contributed by atoms with E-state index in [0.717, 1.165) is 6.07 Å². The van der Waals surface area contributed by atoms with Crippen LogP contribution in [0, 0.1) is 5.82 Å². The van der Waals surface area contributed by atoms with E-state index in [2.05, 4.69) is 0 Å². The highest BCUT2D eigenvalue weighted by Gasteiger charge is 2.53. The van der Waals surface area contributed by atoms with Crippen molar-refractivity contribution < 1.29 is 27.5 Å². The molecule has 0 amide bonds. The van der Waals surface area contributed by atoms with Gasteiger partial charge in [-0.3, -0.25) is 4.79 Å². The molecular weight excluding hydrogens is 240 g/mol. The number of carboxylic acid groups (broad SMARTS) is 1. The van der Waals surface area contributed by atoms with Gasteiger partial charge in [-0.1, -0.05) is 6.07 Å². The zero-order valence-corrected chi connectivity index (χ0v) is 8.51. The summed E-state index contributed by atoms with van der Waals surface area (Å²) in [7, 11) is 0. The van der Waals surface area contributed by atoms with Gasteiger partial charge in [-0.2, -0.15) is 13.2 Å². The summed E-state index contributed by atoms with van der Waals surface area (Å²) in [5.41, 5.74) is -2.60. The lowest BCUT2D eigenvalue weighted by molar-refractivity contribution is -0.140. The second-order valence-electron chi connectivity index (χ2n) is 4.08. The Kier molecular flexibility index (Phi) is 2.41. The average Bonchev–Trinajstić information content (AvgIpc) is 2.96. The third kappa shape index (κ3) is 1.87. The Hall–Kier alpha value is -1.59. The zero-order valence-electron chi connectivity index (χ0n) is 8.51. The summed E-state index contributed by atoms with van der Waals surface area (Å²) in [4.78, 5) is 10.9. The highest BCUT2D eigenvalue weighted by atomic mass is 19.4. The molecule has 1 aromatic carbocycles. The molecule has 0 unspecified atom stereocenters. The SMILES string of the molecule is O=C(O)C1(c2ccc(C(F)(F)F)cc2F)CC1. The predicted octanol–water partition coefficient (Wildman–Crippen LogP) is 2.96. The Morgan fingerprint density at radius 2 is 1.88 bits per heavy atom. The summed E-state index contributed by atoms with van der Waals surface area (Å²) in [5.74, 6) is -2.31. The van der Waals surface area contributed by atoms with E-state index < -0.39 is 28.9 Å². The highest BCUT2D eigenvalue weighted by Crippen LogP contribution is 2.49. The fraction of sp³-hybridized carbons (Fsp3) is 0.364. The van der Waals surface area contributed by atoms with E-state index in [1.165, 1.54) is 0 Å². The molecule has 1 aliphatic carbocycles. The Morgan fingerprint density at radius 1 is 1.29 bits per heavy atom. The molecule has 1 fully saturated rings. The monoisotopic (exact) mass is 248 g/mol. The van der Waals surface area contributed by atoms with Crippen molar-refractivity contribution in [2.24, 2.45) is 0 Å². The van der Waals surface area contributed by atoms with Crippen LogP contribution in [0.3, 0.4) is 0 Å². The molecule has 0 radical (unpaired) electrons. The van der Waals surface area contributed by atoms with Gasteiger partial charge in [0, 0.05) is 5.56 Å². The lowest BCUT2D eigenvalue weighted by Gasteiger charge is -2.13. The maximum atomic E-state index is 13.5. The van der Waals surface area contributed by atoms with Crippen molar-refractivity contribution in [2.75, 3.05) is 0 Å². The second-order valence-corrected chi connectivity index (χ2v) is 4.08. The summed E-state index contributed by atoms with van der Waals surface area (Å²) in [5, 5.41) is 8.92. The first-order chi connectivity index (χ1) is 7.77. The Labute approximate surface area is 93.9 Å². The minimum atomic E-state index is -4.63. The van der Waals surface area contributed by atoms with Gasteiger partial charge >= 0.3 is 12.1 Å². The molecule has 1 N–H and O–H groups in total. The van der Waals surface area contributed by atoms with E-state index in [4.69, 9.17) is 5.11 Å². The molecule has 92 valence electrons. The summed E-state index contributed by atoms with van der Waals surface area (Å²) < 4.78 is 50.4. The lowest BCUT2D eigenvalue weighted by atomic mass is 9.94. The summed E-state index contributed by atoms with van der Waals surface area (Å²) in [6.45, 7) is 0. The maximum Gasteiger partial charge on any atom is 0.416 e.